The number of nitro groups is 1. The molecule has 2 N–H and O–H groups in total. The van der Waals surface area contributed by atoms with E-state index in [-0.39, 0.29) is 33.9 Å². The number of hydrazone groups is 1. The van der Waals surface area contributed by atoms with Crippen molar-refractivity contribution in [2.24, 2.45) is 5.10 Å². The fourth-order valence-corrected chi connectivity index (χ4v) is 2.26. The second-order valence-corrected chi connectivity index (χ2v) is 5.08. The van der Waals surface area contributed by atoms with Crippen LogP contribution >= 0.6 is 0 Å². The molecule has 0 saturated heterocycles. The number of non-ortho nitro benzene ring substituents is 1. The Bertz CT molecular complexity index is 925. The highest BCUT2D eigenvalue weighted by molar-refractivity contribution is 6.02. The van der Waals surface area contributed by atoms with Crippen LogP contribution < -0.4 is 14.9 Å². The van der Waals surface area contributed by atoms with Gasteiger partial charge in [0.25, 0.3) is 11.6 Å². The molecule has 2 aromatic rings. The second-order valence-electron chi connectivity index (χ2n) is 5.08. The van der Waals surface area contributed by atoms with E-state index in [1.54, 1.807) is 0 Å². The Hall–Kier alpha value is -3.95. The van der Waals surface area contributed by atoms with E-state index in [0.717, 1.165) is 12.3 Å². The molecule has 1 amide bonds. The van der Waals surface area contributed by atoms with Crippen molar-refractivity contribution in [3.63, 3.8) is 0 Å². The number of methoxy groups -OCH3 is 2. The number of hydrogen-bond acceptors (Lipinski definition) is 7. The van der Waals surface area contributed by atoms with Crippen LogP contribution in [0.5, 0.6) is 11.5 Å². The van der Waals surface area contributed by atoms with Crippen molar-refractivity contribution >= 4 is 23.8 Å². The van der Waals surface area contributed by atoms with E-state index in [9.17, 15) is 24.8 Å². The van der Waals surface area contributed by atoms with Gasteiger partial charge in [-0.3, -0.25) is 14.9 Å². The number of nitrogens with zero attached hydrogens (tertiary/aromatic N) is 2. The molecule has 2 aromatic carbocycles. The van der Waals surface area contributed by atoms with E-state index in [2.05, 4.69) is 10.5 Å². The molecule has 27 heavy (non-hydrogen) atoms. The molecule has 0 aliphatic rings. The van der Waals surface area contributed by atoms with Crippen molar-refractivity contribution in [1.29, 1.82) is 0 Å². The number of ether oxygens (including phenoxy) is 2. The van der Waals surface area contributed by atoms with E-state index >= 15 is 0 Å². The lowest BCUT2D eigenvalue weighted by atomic mass is 10.1. The van der Waals surface area contributed by atoms with Crippen LogP contribution in [-0.4, -0.2) is 42.3 Å². The maximum Gasteiger partial charge on any atom is 0.340 e. The van der Waals surface area contributed by atoms with Crippen LogP contribution in [-0.2, 0) is 0 Å². The summed E-state index contributed by atoms with van der Waals surface area (Å²) in [4.78, 5) is 33.7. The number of amides is 1. The Morgan fingerprint density at radius 3 is 2.56 bits per heavy atom. The minimum Gasteiger partial charge on any atom is -0.493 e. The lowest BCUT2D eigenvalue weighted by Crippen LogP contribution is -2.18. The maximum atomic E-state index is 12.0. The van der Waals surface area contributed by atoms with Crippen molar-refractivity contribution < 1.29 is 29.1 Å². The van der Waals surface area contributed by atoms with Gasteiger partial charge in [0.2, 0.25) is 0 Å². The summed E-state index contributed by atoms with van der Waals surface area (Å²) < 4.78 is 10.1. The zero-order chi connectivity index (χ0) is 20.0. The van der Waals surface area contributed by atoms with Crippen molar-refractivity contribution in [1.82, 2.24) is 5.43 Å². The average molecular weight is 373 g/mol. The Balaban J connectivity index is 2.26. The summed E-state index contributed by atoms with van der Waals surface area (Å²) >= 11 is 0. The Morgan fingerprint density at radius 1 is 1.22 bits per heavy atom. The molecule has 140 valence electrons. The first-order valence-corrected chi connectivity index (χ1v) is 7.45. The molecule has 0 saturated carbocycles. The summed E-state index contributed by atoms with van der Waals surface area (Å²) in [6.45, 7) is 0. The molecular formula is C17H15N3O7. The van der Waals surface area contributed by atoms with Gasteiger partial charge in [0.05, 0.1) is 25.4 Å². The van der Waals surface area contributed by atoms with Crippen LogP contribution in [0.4, 0.5) is 5.69 Å². The van der Waals surface area contributed by atoms with Crippen LogP contribution in [0.2, 0.25) is 0 Å². The van der Waals surface area contributed by atoms with Crippen LogP contribution in [0.15, 0.2) is 41.5 Å². The number of rotatable bonds is 7. The molecule has 0 atom stereocenters. The largest absolute Gasteiger partial charge is 0.493 e. The molecule has 0 heterocycles. The highest BCUT2D eigenvalue weighted by Crippen LogP contribution is 2.32. The molecule has 0 spiro atoms. The molecule has 0 bridgehead atoms. The standard InChI is InChI=1S/C17H15N3O7/c1-26-13-7-6-11(14(17(22)23)15(13)27-2)9-18-19-16(21)10-4-3-5-12(8-10)20(24)25/h3-9H,1-2H3,(H,19,21)(H,22,23)/b18-9-. The van der Waals surface area contributed by atoms with E-state index in [1.807, 2.05) is 0 Å². The fourth-order valence-electron chi connectivity index (χ4n) is 2.26. The highest BCUT2D eigenvalue weighted by atomic mass is 16.6. The predicted molar refractivity (Wildman–Crippen MR) is 94.7 cm³/mol. The van der Waals surface area contributed by atoms with Crippen LogP contribution in [0.25, 0.3) is 0 Å². The molecule has 0 radical (unpaired) electrons. The molecule has 0 aliphatic heterocycles. The minimum atomic E-state index is -1.27. The molecular weight excluding hydrogens is 358 g/mol. The first kappa shape index (κ1) is 19.4. The van der Waals surface area contributed by atoms with Gasteiger partial charge in [0, 0.05) is 23.3 Å². The van der Waals surface area contributed by atoms with Crippen molar-refractivity contribution in [2.45, 2.75) is 0 Å². The number of carboxylic acid groups (broad SMARTS) is 1. The first-order chi connectivity index (χ1) is 12.9. The number of carboxylic acids is 1. The van der Waals surface area contributed by atoms with Gasteiger partial charge in [0.15, 0.2) is 11.5 Å². The summed E-state index contributed by atoms with van der Waals surface area (Å²) in [7, 11) is 2.67. The number of carbonyl (C=O) groups excluding carboxylic acids is 1. The van der Waals surface area contributed by atoms with Crippen molar-refractivity contribution in [3.8, 4) is 11.5 Å². The van der Waals surface area contributed by atoms with Crippen molar-refractivity contribution in [3.05, 3.63) is 63.2 Å². The second kappa shape index (κ2) is 8.43. The van der Waals surface area contributed by atoms with E-state index in [1.165, 1.54) is 44.6 Å². The molecule has 0 aromatic heterocycles. The Kier molecular flexibility index (Phi) is 6.05. The highest BCUT2D eigenvalue weighted by Gasteiger charge is 2.20. The lowest BCUT2D eigenvalue weighted by molar-refractivity contribution is -0.384. The first-order valence-electron chi connectivity index (χ1n) is 7.45. The monoisotopic (exact) mass is 373 g/mol. The topological polar surface area (TPSA) is 140 Å². The third-order valence-electron chi connectivity index (χ3n) is 3.48. The van der Waals surface area contributed by atoms with E-state index < -0.39 is 16.8 Å². The number of nitro benzene ring substituents is 1. The van der Waals surface area contributed by atoms with Crippen LogP contribution in [0, 0.1) is 10.1 Å². The number of hydrogen-bond donors (Lipinski definition) is 2. The summed E-state index contributed by atoms with van der Waals surface area (Å²) in [5.41, 5.74) is 1.96. The third kappa shape index (κ3) is 4.37. The molecule has 0 fully saturated rings. The van der Waals surface area contributed by atoms with Crippen LogP contribution in [0.3, 0.4) is 0 Å². The van der Waals surface area contributed by atoms with Gasteiger partial charge < -0.3 is 14.6 Å². The number of benzene rings is 2. The summed E-state index contributed by atoms with van der Waals surface area (Å²) in [6.07, 6.45) is 1.13. The molecule has 10 nitrogen and oxygen atoms in total. The lowest BCUT2D eigenvalue weighted by Gasteiger charge is -2.12. The zero-order valence-electron chi connectivity index (χ0n) is 14.3. The SMILES string of the molecule is COc1ccc(/C=N\NC(=O)c2cccc([N+](=O)[O-])c2)c(C(=O)O)c1OC. The average Bonchev–Trinajstić information content (AvgIpc) is 2.66. The van der Waals surface area contributed by atoms with E-state index in [4.69, 9.17) is 9.47 Å². The zero-order valence-corrected chi connectivity index (χ0v) is 14.3. The van der Waals surface area contributed by atoms with E-state index in [0.29, 0.717) is 0 Å². The molecule has 2 rings (SSSR count). The molecule has 10 heteroatoms. The molecule has 0 unspecified atom stereocenters. The van der Waals surface area contributed by atoms with Gasteiger partial charge in [-0.05, 0) is 18.2 Å². The Morgan fingerprint density at radius 2 is 1.96 bits per heavy atom. The van der Waals surface area contributed by atoms with Gasteiger partial charge in [-0.15, -0.1) is 0 Å². The van der Waals surface area contributed by atoms with Gasteiger partial charge in [-0.25, -0.2) is 10.2 Å². The summed E-state index contributed by atoms with van der Waals surface area (Å²) in [5, 5.41) is 23.9. The molecule has 0 aliphatic carbocycles. The maximum absolute atomic E-state index is 12.0. The van der Waals surface area contributed by atoms with Gasteiger partial charge in [0.1, 0.15) is 5.56 Å². The Labute approximate surface area is 153 Å². The van der Waals surface area contributed by atoms with Gasteiger partial charge in [-0.2, -0.15) is 5.10 Å². The summed E-state index contributed by atoms with van der Waals surface area (Å²) in [5.74, 6) is -1.71. The number of carbonyl (C=O) groups is 2. The minimum absolute atomic E-state index is 0.0129. The number of aromatic carboxylic acids is 1. The normalized spacial score (nSPS) is 10.4. The predicted octanol–water partition coefficient (Wildman–Crippen LogP) is 2.07. The third-order valence-corrected chi connectivity index (χ3v) is 3.48. The fraction of sp³-hybridized carbons (Fsp3) is 0.118. The quantitative estimate of drug-likeness (QED) is 0.430. The van der Waals surface area contributed by atoms with Gasteiger partial charge in [-0.1, -0.05) is 6.07 Å². The van der Waals surface area contributed by atoms with Gasteiger partial charge >= 0.3 is 5.97 Å². The smallest absolute Gasteiger partial charge is 0.340 e. The van der Waals surface area contributed by atoms with Crippen LogP contribution in [0.1, 0.15) is 26.3 Å². The summed E-state index contributed by atoms with van der Waals surface area (Å²) in [6, 6.07) is 8.04. The van der Waals surface area contributed by atoms with Crippen molar-refractivity contribution in [2.75, 3.05) is 14.2 Å². The number of nitrogens with one attached hydrogen (secondary N) is 1.